The van der Waals surface area contributed by atoms with Gasteiger partial charge in [0.05, 0.1) is 0 Å². The van der Waals surface area contributed by atoms with Crippen LogP contribution in [0.5, 0.6) is 0 Å². The minimum absolute atomic E-state index is 0.110. The van der Waals surface area contributed by atoms with Gasteiger partial charge in [-0.15, -0.1) is 0 Å². The number of hydrogen-bond acceptors (Lipinski definition) is 4. The fourth-order valence-electron chi connectivity index (χ4n) is 2.09. The zero-order chi connectivity index (χ0) is 14.8. The monoisotopic (exact) mass is 306 g/mol. The van der Waals surface area contributed by atoms with Crippen LogP contribution in [0.3, 0.4) is 0 Å². The van der Waals surface area contributed by atoms with E-state index in [2.05, 4.69) is 4.72 Å². The van der Waals surface area contributed by atoms with E-state index in [4.69, 9.17) is 10.5 Å². The summed E-state index contributed by atoms with van der Waals surface area (Å²) in [5.41, 5.74) is 5.09. The standard InChI is InChI=1S/C12H16F2N2O3S/c13-10-5-9(15)6-11(14)12(10)20(17,18)16-7-8-1-3-19-4-2-8/h5-6,8,16H,1-4,7,15H2. The average molecular weight is 306 g/mol. The van der Waals surface area contributed by atoms with Gasteiger partial charge in [0.15, 0.2) is 4.90 Å². The minimum atomic E-state index is -4.23. The van der Waals surface area contributed by atoms with E-state index in [0.29, 0.717) is 13.2 Å². The summed E-state index contributed by atoms with van der Waals surface area (Å²) < 4.78 is 58.6. The third-order valence-electron chi connectivity index (χ3n) is 3.19. The van der Waals surface area contributed by atoms with E-state index in [0.717, 1.165) is 25.0 Å². The lowest BCUT2D eigenvalue weighted by Gasteiger charge is -2.22. The van der Waals surface area contributed by atoms with Crippen molar-refractivity contribution in [1.82, 2.24) is 4.72 Å². The third-order valence-corrected chi connectivity index (χ3v) is 4.67. The van der Waals surface area contributed by atoms with Gasteiger partial charge in [0.2, 0.25) is 10.0 Å². The largest absolute Gasteiger partial charge is 0.399 e. The Balaban J connectivity index is 2.14. The summed E-state index contributed by atoms with van der Waals surface area (Å²) in [6.45, 7) is 1.27. The molecule has 112 valence electrons. The number of nitrogen functional groups attached to an aromatic ring is 1. The maximum Gasteiger partial charge on any atom is 0.246 e. The van der Waals surface area contributed by atoms with Crippen molar-refractivity contribution in [3.8, 4) is 0 Å². The molecule has 0 radical (unpaired) electrons. The van der Waals surface area contributed by atoms with Crippen LogP contribution in [0.2, 0.25) is 0 Å². The van der Waals surface area contributed by atoms with Crippen molar-refractivity contribution in [3.05, 3.63) is 23.8 Å². The smallest absolute Gasteiger partial charge is 0.246 e. The van der Waals surface area contributed by atoms with Crippen LogP contribution in [0.1, 0.15) is 12.8 Å². The number of nitrogens with one attached hydrogen (secondary N) is 1. The molecule has 1 fully saturated rings. The fourth-order valence-corrected chi connectivity index (χ4v) is 3.32. The highest BCUT2D eigenvalue weighted by Crippen LogP contribution is 2.22. The number of ether oxygens (including phenoxy) is 1. The Bertz CT molecular complexity index is 563. The van der Waals surface area contributed by atoms with E-state index in [9.17, 15) is 17.2 Å². The molecule has 1 heterocycles. The lowest BCUT2D eigenvalue weighted by atomic mass is 10.0. The first-order valence-corrected chi connectivity index (χ1v) is 7.70. The molecule has 0 bridgehead atoms. The van der Waals surface area contributed by atoms with Crippen molar-refractivity contribution in [2.45, 2.75) is 17.7 Å². The van der Waals surface area contributed by atoms with Crippen molar-refractivity contribution in [1.29, 1.82) is 0 Å². The Morgan fingerprint density at radius 2 is 1.80 bits per heavy atom. The van der Waals surface area contributed by atoms with Crippen LogP contribution >= 0.6 is 0 Å². The van der Waals surface area contributed by atoms with Crippen LogP contribution in [-0.2, 0) is 14.8 Å². The second-order valence-corrected chi connectivity index (χ2v) is 6.43. The number of anilines is 1. The molecule has 0 spiro atoms. The third kappa shape index (κ3) is 3.44. The molecule has 0 aromatic heterocycles. The Morgan fingerprint density at radius 3 is 2.35 bits per heavy atom. The molecule has 1 aromatic carbocycles. The Hall–Kier alpha value is -1.25. The molecule has 0 saturated carbocycles. The number of hydrogen-bond donors (Lipinski definition) is 2. The van der Waals surface area contributed by atoms with Gasteiger partial charge in [-0.3, -0.25) is 0 Å². The first-order valence-electron chi connectivity index (χ1n) is 6.22. The molecule has 5 nitrogen and oxygen atoms in total. The van der Waals surface area contributed by atoms with Crippen LogP contribution in [-0.4, -0.2) is 28.2 Å². The molecule has 0 aliphatic carbocycles. The van der Waals surface area contributed by atoms with Gasteiger partial charge >= 0.3 is 0 Å². The van der Waals surface area contributed by atoms with E-state index >= 15 is 0 Å². The molecule has 1 aliphatic heterocycles. The van der Waals surface area contributed by atoms with E-state index in [-0.39, 0.29) is 18.2 Å². The van der Waals surface area contributed by atoms with Crippen LogP contribution in [0.4, 0.5) is 14.5 Å². The van der Waals surface area contributed by atoms with E-state index in [1.54, 1.807) is 0 Å². The lowest BCUT2D eigenvalue weighted by Crippen LogP contribution is -2.33. The number of halogens is 2. The Kier molecular flexibility index (Phi) is 4.56. The molecular formula is C12H16F2N2O3S. The van der Waals surface area contributed by atoms with Gasteiger partial charge in [0.25, 0.3) is 0 Å². The lowest BCUT2D eigenvalue weighted by molar-refractivity contribution is 0.0678. The normalized spacial score (nSPS) is 17.3. The van der Waals surface area contributed by atoms with Crippen LogP contribution < -0.4 is 10.5 Å². The average Bonchev–Trinajstić information content (AvgIpc) is 2.36. The summed E-state index contributed by atoms with van der Waals surface area (Å²) >= 11 is 0. The van der Waals surface area contributed by atoms with Gasteiger partial charge < -0.3 is 10.5 Å². The first kappa shape index (κ1) is 15.1. The summed E-state index contributed by atoms with van der Waals surface area (Å²) in [5.74, 6) is -2.28. The SMILES string of the molecule is Nc1cc(F)c(S(=O)(=O)NCC2CCOCC2)c(F)c1. The number of rotatable bonds is 4. The van der Waals surface area contributed by atoms with Crippen molar-refractivity contribution in [3.63, 3.8) is 0 Å². The van der Waals surface area contributed by atoms with Crippen LogP contribution in [0, 0.1) is 17.6 Å². The summed E-state index contributed by atoms with van der Waals surface area (Å²) in [6, 6.07) is 1.57. The number of nitrogens with two attached hydrogens (primary N) is 1. The van der Waals surface area contributed by atoms with Gasteiger partial charge in [0.1, 0.15) is 11.6 Å². The fraction of sp³-hybridized carbons (Fsp3) is 0.500. The molecule has 0 amide bonds. The molecule has 1 saturated heterocycles. The molecule has 1 aromatic rings. The van der Waals surface area contributed by atoms with Crippen molar-refractivity contribution >= 4 is 15.7 Å². The molecule has 2 rings (SSSR count). The highest BCUT2D eigenvalue weighted by molar-refractivity contribution is 7.89. The maximum atomic E-state index is 13.6. The maximum absolute atomic E-state index is 13.6. The highest BCUT2D eigenvalue weighted by atomic mass is 32.2. The van der Waals surface area contributed by atoms with Crippen LogP contribution in [0.25, 0.3) is 0 Å². The minimum Gasteiger partial charge on any atom is -0.399 e. The second-order valence-electron chi connectivity index (χ2n) is 4.72. The predicted octanol–water partition coefficient (Wildman–Crippen LogP) is 1.25. The van der Waals surface area contributed by atoms with Crippen molar-refractivity contribution in [2.24, 2.45) is 5.92 Å². The summed E-state index contributed by atoms with van der Waals surface area (Å²) in [5, 5.41) is 0. The quantitative estimate of drug-likeness (QED) is 0.820. The van der Waals surface area contributed by atoms with Crippen LogP contribution in [0.15, 0.2) is 17.0 Å². The van der Waals surface area contributed by atoms with Crippen molar-refractivity contribution < 1.29 is 21.9 Å². The molecule has 0 atom stereocenters. The zero-order valence-corrected chi connectivity index (χ0v) is 11.6. The summed E-state index contributed by atoms with van der Waals surface area (Å²) in [4.78, 5) is -0.987. The first-order chi connectivity index (χ1) is 9.40. The predicted molar refractivity (Wildman–Crippen MR) is 69.5 cm³/mol. The Morgan fingerprint density at radius 1 is 1.25 bits per heavy atom. The van der Waals surface area contributed by atoms with Crippen molar-refractivity contribution in [2.75, 3.05) is 25.5 Å². The van der Waals surface area contributed by atoms with Gasteiger partial charge in [-0.1, -0.05) is 0 Å². The van der Waals surface area contributed by atoms with Gasteiger partial charge in [0, 0.05) is 25.4 Å². The van der Waals surface area contributed by atoms with E-state index in [1.165, 1.54) is 0 Å². The topological polar surface area (TPSA) is 81.4 Å². The summed E-state index contributed by atoms with van der Waals surface area (Å²) in [6.07, 6.45) is 1.43. The number of benzene rings is 1. The zero-order valence-electron chi connectivity index (χ0n) is 10.7. The number of sulfonamides is 1. The van der Waals surface area contributed by atoms with Gasteiger partial charge in [-0.05, 0) is 30.9 Å². The van der Waals surface area contributed by atoms with E-state index in [1.807, 2.05) is 0 Å². The Labute approximate surface area is 116 Å². The molecule has 20 heavy (non-hydrogen) atoms. The molecule has 1 aliphatic rings. The van der Waals surface area contributed by atoms with Gasteiger partial charge in [-0.25, -0.2) is 21.9 Å². The summed E-state index contributed by atoms with van der Waals surface area (Å²) in [7, 11) is -4.23. The molecular weight excluding hydrogens is 290 g/mol. The molecule has 3 N–H and O–H groups in total. The van der Waals surface area contributed by atoms with E-state index < -0.39 is 26.6 Å². The van der Waals surface area contributed by atoms with Gasteiger partial charge in [-0.2, -0.15) is 0 Å². The molecule has 8 heteroatoms. The molecule has 0 unspecified atom stereocenters. The highest BCUT2D eigenvalue weighted by Gasteiger charge is 2.26. The second kappa shape index (κ2) is 6.02.